The molecule has 26 heavy (non-hydrogen) atoms. The molecule has 0 radical (unpaired) electrons. The number of carbonyl (C=O) groups is 1. The van der Waals surface area contributed by atoms with Crippen LogP contribution in [0.5, 0.6) is 0 Å². The molecule has 0 saturated carbocycles. The molecule has 6 heteroatoms. The zero-order valence-electron chi connectivity index (χ0n) is 13.9. The maximum atomic E-state index is 13.2. The number of nitrogens with zero attached hydrogens (tertiary/aromatic N) is 2. The van der Waals surface area contributed by atoms with Crippen molar-refractivity contribution in [1.82, 2.24) is 9.38 Å². The van der Waals surface area contributed by atoms with Crippen molar-refractivity contribution >= 4 is 22.3 Å². The Bertz CT molecular complexity index is 1100. The van der Waals surface area contributed by atoms with Gasteiger partial charge >= 0.3 is 5.97 Å². The molecular weight excluding hydrogens is 351 g/mol. The summed E-state index contributed by atoms with van der Waals surface area (Å²) in [5, 5.41) is 9.27. The van der Waals surface area contributed by atoms with Crippen molar-refractivity contribution in [1.29, 1.82) is 0 Å². The highest BCUT2D eigenvalue weighted by Crippen LogP contribution is 2.36. The van der Waals surface area contributed by atoms with Gasteiger partial charge in [0.25, 0.3) is 0 Å². The maximum Gasteiger partial charge on any atom is 0.308 e. The Balaban J connectivity index is 1.96. The van der Waals surface area contributed by atoms with E-state index in [-0.39, 0.29) is 12.2 Å². The standard InChI is InChI=1S/C20H15FN2O2S/c1-12-18(13-7-9-15(21)10-8-13)22-20-23(12)19(14-5-3-2-4-6-14)16(26-20)11-17(24)25/h2-10H,11H2,1H3,(H,24,25). The molecule has 2 aromatic heterocycles. The smallest absolute Gasteiger partial charge is 0.308 e. The van der Waals surface area contributed by atoms with E-state index < -0.39 is 5.97 Å². The van der Waals surface area contributed by atoms with Gasteiger partial charge in [-0.05, 0) is 36.8 Å². The van der Waals surface area contributed by atoms with E-state index >= 15 is 0 Å². The maximum absolute atomic E-state index is 13.2. The molecule has 4 aromatic rings. The van der Waals surface area contributed by atoms with Crippen molar-refractivity contribution in [2.75, 3.05) is 0 Å². The highest BCUT2D eigenvalue weighted by atomic mass is 32.1. The lowest BCUT2D eigenvalue weighted by Crippen LogP contribution is -2.01. The van der Waals surface area contributed by atoms with Crippen LogP contribution >= 0.6 is 11.3 Å². The first-order valence-corrected chi connectivity index (χ1v) is 8.90. The van der Waals surface area contributed by atoms with Gasteiger partial charge in [-0.1, -0.05) is 30.3 Å². The van der Waals surface area contributed by atoms with Gasteiger partial charge in [0, 0.05) is 16.1 Å². The van der Waals surface area contributed by atoms with E-state index in [0.717, 1.165) is 38.0 Å². The predicted octanol–water partition coefficient (Wildman–Crippen LogP) is 4.80. The lowest BCUT2D eigenvalue weighted by Gasteiger charge is -2.06. The highest BCUT2D eigenvalue weighted by molar-refractivity contribution is 7.17. The molecule has 4 nitrogen and oxygen atoms in total. The van der Waals surface area contributed by atoms with Gasteiger partial charge in [0.15, 0.2) is 4.96 Å². The van der Waals surface area contributed by atoms with Gasteiger partial charge in [0.2, 0.25) is 0 Å². The normalized spacial score (nSPS) is 11.2. The van der Waals surface area contributed by atoms with E-state index in [1.54, 1.807) is 12.1 Å². The SMILES string of the molecule is Cc1c(-c2ccc(F)cc2)nc2sc(CC(=O)O)c(-c3ccccc3)n12. The number of hydrogen-bond acceptors (Lipinski definition) is 3. The van der Waals surface area contributed by atoms with Gasteiger partial charge < -0.3 is 5.11 Å². The Hall–Kier alpha value is -2.99. The number of imidazole rings is 1. The molecule has 4 rings (SSSR count). The molecule has 1 N–H and O–H groups in total. The molecule has 0 aliphatic carbocycles. The first kappa shape index (κ1) is 16.5. The molecule has 130 valence electrons. The summed E-state index contributed by atoms with van der Waals surface area (Å²) in [7, 11) is 0. The van der Waals surface area contributed by atoms with Crippen molar-refractivity contribution < 1.29 is 14.3 Å². The van der Waals surface area contributed by atoms with Crippen molar-refractivity contribution in [3.05, 3.63) is 71.0 Å². The fraction of sp³-hybridized carbons (Fsp3) is 0.100. The minimum Gasteiger partial charge on any atom is -0.481 e. The van der Waals surface area contributed by atoms with Crippen LogP contribution in [0.1, 0.15) is 10.6 Å². The van der Waals surface area contributed by atoms with E-state index in [4.69, 9.17) is 4.98 Å². The second-order valence-electron chi connectivity index (χ2n) is 5.98. The lowest BCUT2D eigenvalue weighted by atomic mass is 10.1. The molecule has 0 aliphatic rings. The third kappa shape index (κ3) is 2.78. The number of fused-ring (bicyclic) bond motifs is 1. The van der Waals surface area contributed by atoms with Gasteiger partial charge in [-0.15, -0.1) is 11.3 Å². The van der Waals surface area contributed by atoms with Crippen LogP contribution in [0.3, 0.4) is 0 Å². The van der Waals surface area contributed by atoms with E-state index in [1.165, 1.54) is 23.5 Å². The fourth-order valence-electron chi connectivity index (χ4n) is 3.12. The Labute approximate surface area is 153 Å². The van der Waals surface area contributed by atoms with Gasteiger partial charge in [-0.3, -0.25) is 9.20 Å². The Morgan fingerprint density at radius 2 is 1.81 bits per heavy atom. The number of carboxylic acid groups (broad SMARTS) is 1. The van der Waals surface area contributed by atoms with E-state index in [2.05, 4.69) is 0 Å². The first-order chi connectivity index (χ1) is 12.5. The van der Waals surface area contributed by atoms with Gasteiger partial charge in [0.1, 0.15) is 5.82 Å². The summed E-state index contributed by atoms with van der Waals surface area (Å²) in [6.07, 6.45) is -0.0520. The Morgan fingerprint density at radius 3 is 2.46 bits per heavy atom. The minimum absolute atomic E-state index is 0.0520. The molecule has 2 aromatic carbocycles. The van der Waals surface area contributed by atoms with E-state index in [9.17, 15) is 14.3 Å². The molecular formula is C20H15FN2O2S. The topological polar surface area (TPSA) is 54.6 Å². The van der Waals surface area contributed by atoms with Crippen LogP contribution in [0.4, 0.5) is 4.39 Å². The number of aryl methyl sites for hydroxylation is 1. The number of carboxylic acids is 1. The van der Waals surface area contributed by atoms with Crippen molar-refractivity contribution in [3.8, 4) is 22.5 Å². The summed E-state index contributed by atoms with van der Waals surface area (Å²) < 4.78 is 15.2. The first-order valence-electron chi connectivity index (χ1n) is 8.08. The molecule has 0 bridgehead atoms. The van der Waals surface area contributed by atoms with Crippen molar-refractivity contribution in [3.63, 3.8) is 0 Å². The number of benzene rings is 2. The molecule has 0 saturated heterocycles. The second kappa shape index (κ2) is 6.38. The number of aliphatic carboxylic acids is 1. The quantitative estimate of drug-likeness (QED) is 0.564. The van der Waals surface area contributed by atoms with Crippen LogP contribution < -0.4 is 0 Å². The largest absolute Gasteiger partial charge is 0.481 e. The molecule has 0 aliphatic heterocycles. The lowest BCUT2D eigenvalue weighted by molar-refractivity contribution is -0.136. The third-order valence-electron chi connectivity index (χ3n) is 4.26. The number of thiazole rings is 1. The summed E-state index contributed by atoms with van der Waals surface area (Å²) in [5.74, 6) is -1.16. The van der Waals surface area contributed by atoms with Crippen LogP contribution in [-0.4, -0.2) is 20.5 Å². The highest BCUT2D eigenvalue weighted by Gasteiger charge is 2.21. The number of aromatic nitrogens is 2. The molecule has 0 spiro atoms. The summed E-state index contributed by atoms with van der Waals surface area (Å²) in [6.45, 7) is 1.95. The van der Waals surface area contributed by atoms with E-state index in [1.807, 2.05) is 41.7 Å². The van der Waals surface area contributed by atoms with Crippen LogP contribution in [0.2, 0.25) is 0 Å². The van der Waals surface area contributed by atoms with Crippen molar-refractivity contribution in [2.45, 2.75) is 13.3 Å². The van der Waals surface area contributed by atoms with Crippen LogP contribution in [0.15, 0.2) is 54.6 Å². The minimum atomic E-state index is -0.872. The number of rotatable bonds is 4. The van der Waals surface area contributed by atoms with Gasteiger partial charge in [0.05, 0.1) is 17.8 Å². The molecule has 0 fully saturated rings. The van der Waals surface area contributed by atoms with E-state index in [0.29, 0.717) is 0 Å². The number of hydrogen-bond donors (Lipinski definition) is 1. The average molecular weight is 366 g/mol. The summed E-state index contributed by atoms with van der Waals surface area (Å²) >= 11 is 1.38. The molecule has 0 atom stereocenters. The van der Waals surface area contributed by atoms with Crippen molar-refractivity contribution in [2.24, 2.45) is 0 Å². The van der Waals surface area contributed by atoms with Crippen LogP contribution in [0, 0.1) is 12.7 Å². The summed E-state index contributed by atoms with van der Waals surface area (Å²) in [5.41, 5.74) is 4.31. The predicted molar refractivity (Wildman–Crippen MR) is 100.0 cm³/mol. The molecule has 0 amide bonds. The average Bonchev–Trinajstić information content (AvgIpc) is 3.12. The summed E-state index contributed by atoms with van der Waals surface area (Å²) in [6, 6.07) is 15.9. The van der Waals surface area contributed by atoms with Gasteiger partial charge in [-0.25, -0.2) is 9.37 Å². The fourth-order valence-corrected chi connectivity index (χ4v) is 4.29. The zero-order chi connectivity index (χ0) is 18.3. The Morgan fingerprint density at radius 1 is 1.12 bits per heavy atom. The van der Waals surface area contributed by atoms with Gasteiger partial charge in [-0.2, -0.15) is 0 Å². The zero-order valence-corrected chi connectivity index (χ0v) is 14.8. The molecule has 0 unspecified atom stereocenters. The monoisotopic (exact) mass is 366 g/mol. The third-order valence-corrected chi connectivity index (χ3v) is 5.30. The Kier molecular flexibility index (Phi) is 4.05. The molecule has 2 heterocycles. The van der Waals surface area contributed by atoms with Crippen LogP contribution in [-0.2, 0) is 11.2 Å². The van der Waals surface area contributed by atoms with Crippen LogP contribution in [0.25, 0.3) is 27.5 Å². The second-order valence-corrected chi connectivity index (χ2v) is 7.04. The number of halogens is 1. The summed E-state index contributed by atoms with van der Waals surface area (Å²) in [4.78, 5) is 17.5.